The Morgan fingerprint density at radius 2 is 1.36 bits per heavy atom. The average molecular weight is 336 g/mol. The molecule has 0 unspecified atom stereocenters. The van der Waals surface area contributed by atoms with Crippen molar-refractivity contribution in [3.8, 4) is 0 Å². The van der Waals surface area contributed by atoms with Gasteiger partial charge in [0.25, 0.3) is 0 Å². The van der Waals surface area contributed by atoms with Crippen LogP contribution in [0.4, 0.5) is 0 Å². The smallest absolute Gasteiger partial charge is 0.0465 e. The number of benzene rings is 1. The van der Waals surface area contributed by atoms with Crippen molar-refractivity contribution < 1.29 is 0 Å². The molecule has 2 aromatic rings. The molecule has 0 amide bonds. The zero-order chi connectivity index (χ0) is 15.4. The summed E-state index contributed by atoms with van der Waals surface area (Å²) < 4.78 is 0. The molecule has 0 N–H and O–H groups in total. The lowest BCUT2D eigenvalue weighted by atomic mass is 10.2. The fraction of sp³-hybridized carbons (Fsp3) is 0.353. The minimum Gasteiger partial charge on any atom is -0.297 e. The lowest BCUT2D eigenvalue weighted by molar-refractivity contribution is 0.122. The molecule has 116 valence electrons. The molecule has 22 heavy (non-hydrogen) atoms. The van der Waals surface area contributed by atoms with Gasteiger partial charge in [0.2, 0.25) is 0 Å². The van der Waals surface area contributed by atoms with Crippen LogP contribution in [0.5, 0.6) is 0 Å². The Kier molecular flexibility index (Phi) is 5.32. The first kappa shape index (κ1) is 15.8. The molecule has 1 aliphatic rings. The SMILES string of the molecule is Clc1cccc(Cl)c1CN1CCN(Cc2ccncc2)CC1. The summed E-state index contributed by atoms with van der Waals surface area (Å²) in [6.07, 6.45) is 3.70. The van der Waals surface area contributed by atoms with Crippen molar-refractivity contribution in [2.24, 2.45) is 0 Å². The maximum absolute atomic E-state index is 6.26. The molecule has 0 radical (unpaired) electrons. The van der Waals surface area contributed by atoms with E-state index in [1.165, 1.54) is 5.56 Å². The van der Waals surface area contributed by atoms with E-state index in [-0.39, 0.29) is 0 Å². The fourth-order valence-electron chi connectivity index (χ4n) is 2.76. The van der Waals surface area contributed by atoms with Crippen LogP contribution >= 0.6 is 23.2 Å². The molecular formula is C17H19Cl2N3. The molecule has 1 saturated heterocycles. The summed E-state index contributed by atoms with van der Waals surface area (Å²) in [6, 6.07) is 9.86. The van der Waals surface area contributed by atoms with Gasteiger partial charge in [-0.05, 0) is 29.8 Å². The van der Waals surface area contributed by atoms with Crippen LogP contribution in [0.15, 0.2) is 42.7 Å². The van der Waals surface area contributed by atoms with Gasteiger partial charge in [-0.25, -0.2) is 0 Å². The number of pyridine rings is 1. The van der Waals surface area contributed by atoms with Gasteiger partial charge in [0, 0.05) is 67.3 Å². The van der Waals surface area contributed by atoms with Gasteiger partial charge >= 0.3 is 0 Å². The Morgan fingerprint density at radius 3 is 1.95 bits per heavy atom. The van der Waals surface area contributed by atoms with E-state index in [0.29, 0.717) is 0 Å². The van der Waals surface area contributed by atoms with Crippen LogP contribution < -0.4 is 0 Å². The number of hydrogen-bond acceptors (Lipinski definition) is 3. The summed E-state index contributed by atoms with van der Waals surface area (Å²) in [4.78, 5) is 8.95. The lowest BCUT2D eigenvalue weighted by Gasteiger charge is -2.35. The molecule has 0 spiro atoms. The minimum absolute atomic E-state index is 0.756. The van der Waals surface area contributed by atoms with Crippen molar-refractivity contribution in [3.05, 3.63) is 63.9 Å². The van der Waals surface area contributed by atoms with Crippen LogP contribution in [0.2, 0.25) is 10.0 Å². The molecule has 1 aliphatic heterocycles. The summed E-state index contributed by atoms with van der Waals surface area (Å²) in [6.45, 7) is 6.00. The van der Waals surface area contributed by atoms with Crippen LogP contribution in [0.25, 0.3) is 0 Å². The second-order valence-corrected chi connectivity index (χ2v) is 6.42. The number of rotatable bonds is 4. The van der Waals surface area contributed by atoms with E-state index >= 15 is 0 Å². The lowest BCUT2D eigenvalue weighted by Crippen LogP contribution is -2.45. The molecule has 3 rings (SSSR count). The molecule has 0 aliphatic carbocycles. The van der Waals surface area contributed by atoms with Crippen molar-refractivity contribution in [2.75, 3.05) is 26.2 Å². The number of piperazine rings is 1. The van der Waals surface area contributed by atoms with Gasteiger partial charge in [-0.2, -0.15) is 0 Å². The third-order valence-electron chi connectivity index (χ3n) is 4.06. The van der Waals surface area contributed by atoms with Crippen LogP contribution in [0, 0.1) is 0 Å². The van der Waals surface area contributed by atoms with Crippen molar-refractivity contribution in [3.63, 3.8) is 0 Å². The number of hydrogen-bond donors (Lipinski definition) is 0. The Labute approximate surface area is 141 Å². The maximum atomic E-state index is 6.26. The second kappa shape index (κ2) is 7.42. The zero-order valence-corrected chi connectivity index (χ0v) is 13.9. The van der Waals surface area contributed by atoms with E-state index in [9.17, 15) is 0 Å². The van der Waals surface area contributed by atoms with Crippen molar-refractivity contribution >= 4 is 23.2 Å². The highest BCUT2D eigenvalue weighted by Crippen LogP contribution is 2.26. The predicted molar refractivity (Wildman–Crippen MR) is 91.3 cm³/mol. The largest absolute Gasteiger partial charge is 0.297 e. The Hall–Kier alpha value is -1.13. The molecule has 1 aromatic carbocycles. The highest BCUT2D eigenvalue weighted by atomic mass is 35.5. The number of aromatic nitrogens is 1. The van der Waals surface area contributed by atoms with E-state index < -0.39 is 0 Å². The van der Waals surface area contributed by atoms with Gasteiger partial charge in [-0.3, -0.25) is 14.8 Å². The molecule has 5 heteroatoms. The van der Waals surface area contributed by atoms with E-state index in [0.717, 1.165) is 54.9 Å². The summed E-state index contributed by atoms with van der Waals surface area (Å²) >= 11 is 12.5. The monoisotopic (exact) mass is 335 g/mol. The second-order valence-electron chi connectivity index (χ2n) is 5.61. The summed E-state index contributed by atoms with van der Waals surface area (Å²) in [5.41, 5.74) is 2.35. The van der Waals surface area contributed by atoms with Gasteiger partial charge in [-0.15, -0.1) is 0 Å². The molecule has 3 nitrogen and oxygen atoms in total. The van der Waals surface area contributed by atoms with Gasteiger partial charge in [0.05, 0.1) is 0 Å². The molecule has 0 bridgehead atoms. The summed E-state index contributed by atoms with van der Waals surface area (Å²) in [5.74, 6) is 0. The maximum Gasteiger partial charge on any atom is 0.0465 e. The molecule has 2 heterocycles. The van der Waals surface area contributed by atoms with Crippen molar-refractivity contribution in [1.82, 2.24) is 14.8 Å². The molecule has 0 saturated carbocycles. The third kappa shape index (κ3) is 3.99. The summed E-state index contributed by atoms with van der Waals surface area (Å²) in [5, 5.41) is 1.51. The van der Waals surface area contributed by atoms with Crippen LogP contribution in [-0.2, 0) is 13.1 Å². The molecule has 0 atom stereocenters. The van der Waals surface area contributed by atoms with E-state index in [1.54, 1.807) is 0 Å². The van der Waals surface area contributed by atoms with Crippen LogP contribution in [-0.4, -0.2) is 41.0 Å². The topological polar surface area (TPSA) is 19.4 Å². The van der Waals surface area contributed by atoms with Gasteiger partial charge < -0.3 is 0 Å². The normalized spacial score (nSPS) is 16.8. The predicted octanol–water partition coefficient (Wildman–Crippen LogP) is 3.71. The van der Waals surface area contributed by atoms with Gasteiger partial charge in [-0.1, -0.05) is 29.3 Å². The first-order chi connectivity index (χ1) is 10.7. The first-order valence-corrected chi connectivity index (χ1v) is 8.24. The van der Waals surface area contributed by atoms with Crippen molar-refractivity contribution in [2.45, 2.75) is 13.1 Å². The average Bonchev–Trinajstić information content (AvgIpc) is 2.54. The summed E-state index contributed by atoms with van der Waals surface area (Å²) in [7, 11) is 0. The minimum atomic E-state index is 0.756. The molecule has 1 fully saturated rings. The molecule has 1 aromatic heterocycles. The highest BCUT2D eigenvalue weighted by Gasteiger charge is 2.18. The van der Waals surface area contributed by atoms with E-state index in [4.69, 9.17) is 23.2 Å². The zero-order valence-electron chi connectivity index (χ0n) is 12.4. The molecular weight excluding hydrogens is 317 g/mol. The Morgan fingerprint density at radius 1 is 0.818 bits per heavy atom. The number of nitrogens with zero attached hydrogens (tertiary/aromatic N) is 3. The van der Waals surface area contributed by atoms with Crippen molar-refractivity contribution in [1.29, 1.82) is 0 Å². The quantitative estimate of drug-likeness (QED) is 0.849. The fourth-order valence-corrected chi connectivity index (χ4v) is 3.28. The van der Waals surface area contributed by atoms with Gasteiger partial charge in [0.15, 0.2) is 0 Å². The third-order valence-corrected chi connectivity index (χ3v) is 4.77. The standard InChI is InChI=1S/C17H19Cl2N3/c18-16-2-1-3-17(19)15(16)13-22-10-8-21(9-11-22)12-14-4-6-20-7-5-14/h1-7H,8-13H2. The van der Waals surface area contributed by atoms with E-state index in [2.05, 4.69) is 26.9 Å². The van der Waals surface area contributed by atoms with Crippen LogP contribution in [0.1, 0.15) is 11.1 Å². The first-order valence-electron chi connectivity index (χ1n) is 7.49. The van der Waals surface area contributed by atoms with Gasteiger partial charge in [0.1, 0.15) is 0 Å². The van der Waals surface area contributed by atoms with E-state index in [1.807, 2.05) is 30.6 Å². The Bertz CT molecular complexity index is 590. The van der Waals surface area contributed by atoms with Crippen LogP contribution in [0.3, 0.4) is 0 Å². The highest BCUT2D eigenvalue weighted by molar-refractivity contribution is 6.35. The Balaban J connectivity index is 1.54. The number of halogens is 2.